The van der Waals surface area contributed by atoms with E-state index in [0.717, 1.165) is 11.3 Å². The van der Waals surface area contributed by atoms with E-state index >= 15 is 0 Å². The van der Waals surface area contributed by atoms with Gasteiger partial charge in [-0.1, -0.05) is 0 Å². The second-order valence-electron chi connectivity index (χ2n) is 7.92. The molecule has 0 spiro atoms. The maximum absolute atomic E-state index is 14.8. The maximum atomic E-state index is 14.8. The molecular formula is C25H24FN5O4. The van der Waals surface area contributed by atoms with Gasteiger partial charge < -0.3 is 24.4 Å². The van der Waals surface area contributed by atoms with Crippen molar-refractivity contribution in [3.63, 3.8) is 0 Å². The summed E-state index contributed by atoms with van der Waals surface area (Å²) in [5, 5.41) is 7.04. The third kappa shape index (κ3) is 4.47. The Morgan fingerprint density at radius 2 is 1.83 bits per heavy atom. The van der Waals surface area contributed by atoms with E-state index in [2.05, 4.69) is 15.4 Å². The molecule has 0 atom stereocenters. The average Bonchev–Trinajstić information content (AvgIpc) is 3.35. The van der Waals surface area contributed by atoms with Gasteiger partial charge in [0.1, 0.15) is 5.82 Å². The number of rotatable bonds is 6. The third-order valence-electron chi connectivity index (χ3n) is 5.85. The molecule has 180 valence electrons. The smallest absolute Gasteiger partial charge is 0.276 e. The van der Waals surface area contributed by atoms with E-state index in [1.54, 1.807) is 55.3 Å². The van der Waals surface area contributed by atoms with Crippen LogP contribution in [0.25, 0.3) is 16.9 Å². The van der Waals surface area contributed by atoms with E-state index in [9.17, 15) is 9.18 Å². The molecule has 0 unspecified atom stereocenters. The maximum Gasteiger partial charge on any atom is 0.276 e. The molecule has 2 aromatic carbocycles. The predicted octanol–water partition coefficient (Wildman–Crippen LogP) is 3.64. The van der Waals surface area contributed by atoms with Crippen molar-refractivity contribution >= 4 is 22.9 Å². The third-order valence-corrected chi connectivity index (χ3v) is 5.85. The molecule has 0 saturated carbocycles. The molecule has 2 aromatic heterocycles. The number of amides is 1. The molecule has 10 heteroatoms. The Kier molecular flexibility index (Phi) is 6.19. The molecule has 9 nitrogen and oxygen atoms in total. The number of halogens is 1. The average molecular weight is 477 g/mol. The Morgan fingerprint density at radius 3 is 2.57 bits per heavy atom. The van der Waals surface area contributed by atoms with Crippen molar-refractivity contribution in [2.75, 3.05) is 50.7 Å². The first-order valence-electron chi connectivity index (χ1n) is 11.1. The van der Waals surface area contributed by atoms with E-state index in [4.69, 9.17) is 14.2 Å². The van der Waals surface area contributed by atoms with Crippen LogP contribution in [0.2, 0.25) is 0 Å². The highest BCUT2D eigenvalue weighted by molar-refractivity contribution is 6.03. The van der Waals surface area contributed by atoms with Crippen LogP contribution < -0.4 is 19.7 Å². The largest absolute Gasteiger partial charge is 0.493 e. The Morgan fingerprint density at radius 1 is 1.03 bits per heavy atom. The molecule has 5 rings (SSSR count). The molecule has 4 aromatic rings. The van der Waals surface area contributed by atoms with Crippen LogP contribution in [0, 0.1) is 5.82 Å². The highest BCUT2D eigenvalue weighted by Gasteiger charge is 2.18. The summed E-state index contributed by atoms with van der Waals surface area (Å²) < 4.78 is 32.4. The molecule has 35 heavy (non-hydrogen) atoms. The van der Waals surface area contributed by atoms with E-state index < -0.39 is 11.7 Å². The normalized spacial score (nSPS) is 13.6. The molecule has 3 heterocycles. The minimum atomic E-state index is -0.535. The van der Waals surface area contributed by atoms with Crippen LogP contribution in [0.4, 0.5) is 15.8 Å². The molecule has 1 N–H and O–H groups in total. The van der Waals surface area contributed by atoms with Gasteiger partial charge in [0.15, 0.2) is 22.8 Å². The first-order chi connectivity index (χ1) is 17.1. The number of carbonyl (C=O) groups excluding carboxylic acids is 1. The quantitative estimate of drug-likeness (QED) is 0.453. The number of methoxy groups -OCH3 is 2. The van der Waals surface area contributed by atoms with E-state index in [0.29, 0.717) is 49.1 Å². The van der Waals surface area contributed by atoms with Crippen LogP contribution >= 0.6 is 0 Å². The lowest BCUT2D eigenvalue weighted by molar-refractivity contribution is 0.102. The summed E-state index contributed by atoms with van der Waals surface area (Å²) >= 11 is 0. The first-order valence-corrected chi connectivity index (χ1v) is 11.1. The fourth-order valence-electron chi connectivity index (χ4n) is 4.03. The number of anilines is 2. The van der Waals surface area contributed by atoms with Gasteiger partial charge >= 0.3 is 0 Å². The lowest BCUT2D eigenvalue weighted by Gasteiger charge is -2.29. The molecule has 1 amide bonds. The van der Waals surface area contributed by atoms with Crippen LogP contribution in [-0.4, -0.2) is 61.0 Å². The van der Waals surface area contributed by atoms with Crippen LogP contribution in [0.1, 0.15) is 10.5 Å². The number of carbonyl (C=O) groups is 1. The Labute approximate surface area is 201 Å². The van der Waals surface area contributed by atoms with Crippen molar-refractivity contribution in [3.8, 4) is 22.8 Å². The summed E-state index contributed by atoms with van der Waals surface area (Å²) in [6.07, 6.45) is 1.63. The van der Waals surface area contributed by atoms with Gasteiger partial charge in [0.2, 0.25) is 0 Å². The van der Waals surface area contributed by atoms with Crippen molar-refractivity contribution in [3.05, 3.63) is 66.2 Å². The molecule has 1 saturated heterocycles. The van der Waals surface area contributed by atoms with Crippen molar-refractivity contribution in [1.82, 2.24) is 14.6 Å². The number of aromatic nitrogens is 3. The van der Waals surface area contributed by atoms with Crippen LogP contribution in [0.3, 0.4) is 0 Å². The number of fused-ring (bicyclic) bond motifs is 1. The van der Waals surface area contributed by atoms with Crippen molar-refractivity contribution in [2.24, 2.45) is 0 Å². The van der Waals surface area contributed by atoms with E-state index in [-0.39, 0.29) is 11.4 Å². The van der Waals surface area contributed by atoms with Gasteiger partial charge in [-0.2, -0.15) is 5.10 Å². The monoisotopic (exact) mass is 477 g/mol. The molecular weight excluding hydrogens is 453 g/mol. The highest BCUT2D eigenvalue weighted by atomic mass is 19.1. The lowest BCUT2D eigenvalue weighted by atomic mass is 10.1. The molecule has 1 aliphatic heterocycles. The molecule has 1 aliphatic rings. The number of nitrogens with zero attached hydrogens (tertiary/aromatic N) is 4. The van der Waals surface area contributed by atoms with Gasteiger partial charge in [-0.05, 0) is 42.5 Å². The zero-order valence-electron chi connectivity index (χ0n) is 19.3. The number of morpholine rings is 1. The summed E-state index contributed by atoms with van der Waals surface area (Å²) in [6, 6.07) is 13.6. The second-order valence-corrected chi connectivity index (χ2v) is 7.92. The Hall–Kier alpha value is -4.18. The Balaban J connectivity index is 1.40. The number of nitrogens with one attached hydrogen (secondary N) is 1. The molecule has 1 fully saturated rings. The van der Waals surface area contributed by atoms with E-state index in [1.807, 2.05) is 17.0 Å². The zero-order chi connectivity index (χ0) is 24.4. The summed E-state index contributed by atoms with van der Waals surface area (Å²) in [7, 11) is 3.13. The second kappa shape index (κ2) is 9.59. The summed E-state index contributed by atoms with van der Waals surface area (Å²) in [4.78, 5) is 19.3. The number of ether oxygens (including phenoxy) is 3. The standard InChI is InChI=1S/C25H24FN5O4/c1-33-22-6-3-16(13-23(22)34-2)21-7-8-27-24-15-20(29-31(21)24)25(32)28-19-5-4-17(14-18(19)26)30-9-11-35-12-10-30/h3-8,13-15H,9-12H2,1-2H3,(H,28,32). The topological polar surface area (TPSA) is 90.2 Å². The van der Waals surface area contributed by atoms with E-state index in [1.165, 1.54) is 6.07 Å². The van der Waals surface area contributed by atoms with Gasteiger partial charge in [0.05, 0.1) is 38.8 Å². The van der Waals surface area contributed by atoms with Crippen molar-refractivity contribution < 1.29 is 23.4 Å². The number of benzene rings is 2. The predicted molar refractivity (Wildman–Crippen MR) is 129 cm³/mol. The molecule has 0 aliphatic carbocycles. The van der Waals surface area contributed by atoms with Gasteiger partial charge in [-0.15, -0.1) is 0 Å². The molecule has 0 bridgehead atoms. The minimum Gasteiger partial charge on any atom is -0.493 e. The lowest BCUT2D eigenvalue weighted by Crippen LogP contribution is -2.36. The minimum absolute atomic E-state index is 0.0807. The number of hydrogen-bond donors (Lipinski definition) is 1. The molecule has 0 radical (unpaired) electrons. The SMILES string of the molecule is COc1ccc(-c2ccnc3cc(C(=O)Nc4ccc(N5CCOCC5)cc4F)nn23)cc1OC. The zero-order valence-corrected chi connectivity index (χ0v) is 19.3. The van der Waals surface area contributed by atoms with Crippen molar-refractivity contribution in [2.45, 2.75) is 0 Å². The van der Waals surface area contributed by atoms with Gasteiger partial charge in [-0.3, -0.25) is 4.79 Å². The fraction of sp³-hybridized carbons (Fsp3) is 0.240. The Bertz CT molecular complexity index is 1380. The van der Waals surface area contributed by atoms with Crippen molar-refractivity contribution in [1.29, 1.82) is 0 Å². The van der Waals surface area contributed by atoms with Gasteiger partial charge in [0.25, 0.3) is 5.91 Å². The fourth-order valence-corrected chi connectivity index (χ4v) is 4.03. The van der Waals surface area contributed by atoms with Gasteiger partial charge in [-0.25, -0.2) is 13.9 Å². The first kappa shape index (κ1) is 22.6. The summed E-state index contributed by atoms with van der Waals surface area (Å²) in [5.74, 6) is 0.113. The van der Waals surface area contributed by atoms with Crippen LogP contribution in [0.5, 0.6) is 11.5 Å². The van der Waals surface area contributed by atoms with Crippen LogP contribution in [-0.2, 0) is 4.74 Å². The number of hydrogen-bond acceptors (Lipinski definition) is 7. The summed E-state index contributed by atoms with van der Waals surface area (Å²) in [5.41, 5.74) is 2.93. The summed E-state index contributed by atoms with van der Waals surface area (Å²) in [6.45, 7) is 2.60. The highest BCUT2D eigenvalue weighted by Crippen LogP contribution is 2.32. The van der Waals surface area contributed by atoms with Gasteiger partial charge in [0, 0.05) is 36.6 Å². The van der Waals surface area contributed by atoms with Crippen LogP contribution in [0.15, 0.2) is 54.7 Å².